The summed E-state index contributed by atoms with van der Waals surface area (Å²) in [6.07, 6.45) is 11.6. The minimum absolute atomic E-state index is 1.15. The summed E-state index contributed by atoms with van der Waals surface area (Å²) in [5, 5.41) is 0. The summed E-state index contributed by atoms with van der Waals surface area (Å²) >= 11 is 0. The van der Waals surface area contributed by atoms with Gasteiger partial charge in [0, 0.05) is 0 Å². The van der Waals surface area contributed by atoms with Crippen molar-refractivity contribution in [1.82, 2.24) is 0 Å². The van der Waals surface area contributed by atoms with Crippen molar-refractivity contribution in [2.45, 2.75) is 45.4 Å². The Morgan fingerprint density at radius 2 is 1.80 bits per heavy atom. The SMILES string of the molecule is [CH]/C=C/CCCCCCC. The highest BCUT2D eigenvalue weighted by Crippen LogP contribution is 2.04. The molecule has 0 N–H and O–H groups in total. The van der Waals surface area contributed by atoms with Crippen LogP contribution in [0.4, 0.5) is 0 Å². The van der Waals surface area contributed by atoms with E-state index in [2.05, 4.69) is 6.92 Å². The highest BCUT2D eigenvalue weighted by Gasteiger charge is 1.84. The molecule has 0 heteroatoms. The van der Waals surface area contributed by atoms with Gasteiger partial charge in [0.2, 0.25) is 0 Å². The molecular weight excluding hydrogens is 120 g/mol. The molecule has 0 aromatic carbocycles. The Labute approximate surface area is 65.3 Å². The highest BCUT2D eigenvalue weighted by molar-refractivity contribution is 4.83. The quantitative estimate of drug-likeness (QED) is 0.492. The molecule has 0 aliphatic rings. The Kier molecular flexibility index (Phi) is 8.51. The van der Waals surface area contributed by atoms with E-state index in [0.29, 0.717) is 0 Å². The summed E-state index contributed by atoms with van der Waals surface area (Å²) in [6, 6.07) is 0. The van der Waals surface area contributed by atoms with Gasteiger partial charge in [0.05, 0.1) is 0 Å². The van der Waals surface area contributed by atoms with Crippen molar-refractivity contribution in [2.24, 2.45) is 0 Å². The lowest BCUT2D eigenvalue weighted by Crippen LogP contribution is -1.75. The van der Waals surface area contributed by atoms with Crippen LogP contribution in [0.2, 0.25) is 0 Å². The zero-order valence-electron chi connectivity index (χ0n) is 6.97. The second-order valence-corrected chi connectivity index (χ2v) is 2.63. The van der Waals surface area contributed by atoms with Crippen molar-refractivity contribution in [3.63, 3.8) is 0 Å². The lowest BCUT2D eigenvalue weighted by Gasteiger charge is -1.94. The molecule has 0 spiro atoms. The minimum Gasteiger partial charge on any atom is -0.0882 e. The first kappa shape index (κ1) is 9.74. The molecule has 0 unspecified atom stereocenters. The molecule has 0 rings (SSSR count). The van der Waals surface area contributed by atoms with Crippen LogP contribution in [-0.4, -0.2) is 0 Å². The maximum absolute atomic E-state index is 5.19. The van der Waals surface area contributed by atoms with Gasteiger partial charge in [-0.1, -0.05) is 44.8 Å². The molecule has 0 fully saturated rings. The van der Waals surface area contributed by atoms with Crippen molar-refractivity contribution >= 4 is 0 Å². The molecule has 0 nitrogen and oxygen atoms in total. The molecule has 0 bridgehead atoms. The monoisotopic (exact) mass is 138 g/mol. The van der Waals surface area contributed by atoms with Crippen LogP contribution < -0.4 is 0 Å². The maximum Gasteiger partial charge on any atom is -0.00958 e. The summed E-state index contributed by atoms with van der Waals surface area (Å²) in [7, 11) is 0. The first-order chi connectivity index (χ1) is 4.91. The molecule has 0 aliphatic carbocycles. The van der Waals surface area contributed by atoms with Gasteiger partial charge >= 0.3 is 0 Å². The molecule has 10 heavy (non-hydrogen) atoms. The lowest BCUT2D eigenvalue weighted by atomic mass is 10.1. The zero-order valence-corrected chi connectivity index (χ0v) is 6.97. The van der Waals surface area contributed by atoms with Gasteiger partial charge in [-0.25, -0.2) is 0 Å². The van der Waals surface area contributed by atoms with Gasteiger partial charge in [0.1, 0.15) is 0 Å². The maximum atomic E-state index is 5.19. The average Bonchev–Trinajstić information content (AvgIpc) is 1.97. The van der Waals surface area contributed by atoms with Crippen molar-refractivity contribution in [3.05, 3.63) is 19.1 Å². The van der Waals surface area contributed by atoms with E-state index in [1.54, 1.807) is 6.08 Å². The van der Waals surface area contributed by atoms with Crippen LogP contribution in [0.1, 0.15) is 45.4 Å². The Morgan fingerprint density at radius 1 is 1.10 bits per heavy atom. The second-order valence-electron chi connectivity index (χ2n) is 2.63. The minimum atomic E-state index is 1.15. The Morgan fingerprint density at radius 3 is 2.40 bits per heavy atom. The molecule has 0 aliphatic heterocycles. The average molecular weight is 138 g/mol. The predicted molar refractivity (Wildman–Crippen MR) is 46.8 cm³/mol. The van der Waals surface area contributed by atoms with Crippen LogP contribution in [0.25, 0.3) is 0 Å². The van der Waals surface area contributed by atoms with Crippen molar-refractivity contribution in [3.8, 4) is 0 Å². The number of unbranched alkanes of at least 4 members (excludes halogenated alkanes) is 5. The van der Waals surface area contributed by atoms with Crippen LogP contribution in [0.5, 0.6) is 0 Å². The van der Waals surface area contributed by atoms with E-state index in [4.69, 9.17) is 6.92 Å². The van der Waals surface area contributed by atoms with Gasteiger partial charge in [-0.05, 0) is 19.8 Å². The van der Waals surface area contributed by atoms with Crippen molar-refractivity contribution in [1.29, 1.82) is 0 Å². The molecule has 0 aromatic heterocycles. The molecule has 0 heterocycles. The summed E-state index contributed by atoms with van der Waals surface area (Å²) in [4.78, 5) is 0. The van der Waals surface area contributed by atoms with E-state index in [1.807, 2.05) is 6.08 Å². The lowest BCUT2D eigenvalue weighted by molar-refractivity contribution is 0.637. The summed E-state index contributed by atoms with van der Waals surface area (Å²) in [6.45, 7) is 7.42. The van der Waals surface area contributed by atoms with Gasteiger partial charge < -0.3 is 0 Å². The highest BCUT2D eigenvalue weighted by atomic mass is 13.9. The van der Waals surface area contributed by atoms with Crippen LogP contribution in [-0.2, 0) is 0 Å². The van der Waals surface area contributed by atoms with Gasteiger partial charge in [-0.15, -0.1) is 0 Å². The largest absolute Gasteiger partial charge is 0.0882 e. The van der Waals surface area contributed by atoms with E-state index in [-0.39, 0.29) is 0 Å². The standard InChI is InChI=1S/C10H18/c1-3-5-7-9-10-8-6-4-2/h1,3,5H,4,6-10H2,2H3/b5-3+. The normalized spacial score (nSPS) is 11.0. The van der Waals surface area contributed by atoms with E-state index in [9.17, 15) is 0 Å². The molecule has 0 atom stereocenters. The van der Waals surface area contributed by atoms with Crippen LogP contribution in [0.15, 0.2) is 12.2 Å². The van der Waals surface area contributed by atoms with Gasteiger partial charge in [-0.3, -0.25) is 0 Å². The molecule has 58 valence electrons. The van der Waals surface area contributed by atoms with Crippen molar-refractivity contribution < 1.29 is 0 Å². The first-order valence-corrected chi connectivity index (χ1v) is 4.28. The topological polar surface area (TPSA) is 0 Å². The fourth-order valence-corrected chi connectivity index (χ4v) is 0.962. The fourth-order valence-electron chi connectivity index (χ4n) is 0.962. The third-order valence-corrected chi connectivity index (χ3v) is 1.61. The molecule has 0 saturated carbocycles. The van der Waals surface area contributed by atoms with E-state index in [1.165, 1.54) is 32.1 Å². The zero-order chi connectivity index (χ0) is 7.66. The number of hydrogen-bond acceptors (Lipinski definition) is 0. The molecule has 0 aromatic rings. The first-order valence-electron chi connectivity index (χ1n) is 4.28. The molecular formula is C10H18. The molecule has 0 saturated heterocycles. The second kappa shape index (κ2) is 8.74. The third-order valence-electron chi connectivity index (χ3n) is 1.61. The van der Waals surface area contributed by atoms with Gasteiger partial charge in [0.15, 0.2) is 0 Å². The molecule has 2 radical (unpaired) electrons. The molecule has 0 amide bonds. The summed E-state index contributed by atoms with van der Waals surface area (Å²) < 4.78 is 0. The number of rotatable bonds is 6. The van der Waals surface area contributed by atoms with Crippen LogP contribution >= 0.6 is 0 Å². The van der Waals surface area contributed by atoms with Gasteiger partial charge in [0.25, 0.3) is 0 Å². The van der Waals surface area contributed by atoms with Gasteiger partial charge in [-0.2, -0.15) is 0 Å². The van der Waals surface area contributed by atoms with E-state index in [0.717, 1.165) is 6.42 Å². The van der Waals surface area contributed by atoms with Crippen LogP contribution in [0, 0.1) is 6.92 Å². The van der Waals surface area contributed by atoms with Crippen LogP contribution in [0.3, 0.4) is 0 Å². The van der Waals surface area contributed by atoms with E-state index >= 15 is 0 Å². The Bertz CT molecular complexity index is 72.1. The number of hydrogen-bond donors (Lipinski definition) is 0. The number of allylic oxidation sites excluding steroid dienone is 2. The predicted octanol–water partition coefficient (Wildman–Crippen LogP) is 3.61. The smallest absolute Gasteiger partial charge is 0.00958 e. The van der Waals surface area contributed by atoms with E-state index < -0.39 is 0 Å². The third kappa shape index (κ3) is 7.74. The summed E-state index contributed by atoms with van der Waals surface area (Å²) in [5.41, 5.74) is 0. The Balaban J connectivity index is 2.77. The fraction of sp³-hybridized carbons (Fsp3) is 0.700. The Hall–Kier alpha value is -0.260. The van der Waals surface area contributed by atoms with Crippen molar-refractivity contribution in [2.75, 3.05) is 0 Å². The summed E-state index contributed by atoms with van der Waals surface area (Å²) in [5.74, 6) is 0.